The highest BCUT2D eigenvalue weighted by atomic mass is 19.2. The number of hydrogen-bond donors (Lipinski definition) is 1. The maximum absolute atomic E-state index is 14.3. The molecule has 0 amide bonds. The Hall–Kier alpha value is -3.57. The van der Waals surface area contributed by atoms with Gasteiger partial charge in [0, 0.05) is 13.1 Å². The van der Waals surface area contributed by atoms with Crippen LogP contribution in [0.2, 0.25) is 0 Å². The maximum atomic E-state index is 14.3. The van der Waals surface area contributed by atoms with E-state index in [1.54, 1.807) is 13.8 Å². The summed E-state index contributed by atoms with van der Waals surface area (Å²) >= 11 is 0. The fraction of sp³-hybridized carbons (Fsp3) is 0.571. The topological polar surface area (TPSA) is 85.3 Å². The van der Waals surface area contributed by atoms with Crippen LogP contribution in [0.3, 0.4) is 0 Å². The summed E-state index contributed by atoms with van der Waals surface area (Å²) < 4.78 is 49.4. The van der Waals surface area contributed by atoms with Crippen molar-refractivity contribution in [2.45, 2.75) is 65.2 Å². The molecular formula is C28H37F3N6O2. The molecule has 1 N–H and O–H groups in total. The van der Waals surface area contributed by atoms with E-state index in [1.807, 2.05) is 4.90 Å². The van der Waals surface area contributed by atoms with Crippen molar-refractivity contribution in [3.05, 3.63) is 30.2 Å². The van der Waals surface area contributed by atoms with Crippen LogP contribution < -0.4 is 19.7 Å². The minimum Gasteiger partial charge on any atom is -0.462 e. The number of aromatic nitrogens is 4. The first kappa shape index (κ1) is 31.6. The van der Waals surface area contributed by atoms with Gasteiger partial charge in [0.05, 0.1) is 0 Å². The van der Waals surface area contributed by atoms with Crippen LogP contribution in [0, 0.1) is 41.3 Å². The third-order valence-electron chi connectivity index (χ3n) is 5.73. The quantitative estimate of drug-likeness (QED) is 0.427. The zero-order chi connectivity index (χ0) is 28.1. The molecule has 2 fully saturated rings. The zero-order valence-corrected chi connectivity index (χ0v) is 22.7. The Balaban J connectivity index is 0.000000229. The smallest absolute Gasteiger partial charge is 0.257 e. The molecule has 0 radical (unpaired) electrons. The number of anilines is 1. The van der Waals surface area contributed by atoms with E-state index < -0.39 is 23.5 Å². The first-order valence-corrected chi connectivity index (χ1v) is 13.3. The van der Waals surface area contributed by atoms with Gasteiger partial charge in [0.1, 0.15) is 12.7 Å². The molecule has 2 aliphatic heterocycles. The summed E-state index contributed by atoms with van der Waals surface area (Å²) in [5, 5.41) is 3.35. The number of nitrogens with one attached hydrogen (secondary N) is 1. The van der Waals surface area contributed by atoms with E-state index in [0.29, 0.717) is 5.82 Å². The van der Waals surface area contributed by atoms with Crippen molar-refractivity contribution in [3.63, 3.8) is 0 Å². The lowest BCUT2D eigenvalue weighted by Crippen LogP contribution is -2.26. The van der Waals surface area contributed by atoms with Crippen LogP contribution in [-0.2, 0) is 0 Å². The van der Waals surface area contributed by atoms with E-state index in [9.17, 15) is 13.2 Å². The molecule has 0 spiro atoms. The zero-order valence-electron chi connectivity index (χ0n) is 22.7. The van der Waals surface area contributed by atoms with Crippen LogP contribution in [0.25, 0.3) is 0 Å². The van der Waals surface area contributed by atoms with Gasteiger partial charge < -0.3 is 19.7 Å². The lowest BCUT2D eigenvalue weighted by molar-refractivity contribution is 0.317. The van der Waals surface area contributed by atoms with Gasteiger partial charge in [-0.1, -0.05) is 37.5 Å². The molecule has 0 saturated carbocycles. The fourth-order valence-corrected chi connectivity index (χ4v) is 3.71. The van der Waals surface area contributed by atoms with Crippen molar-refractivity contribution in [2.75, 3.05) is 44.3 Å². The Bertz CT molecular complexity index is 1090. The number of halogens is 3. The van der Waals surface area contributed by atoms with Crippen LogP contribution in [0.5, 0.6) is 11.8 Å². The van der Waals surface area contributed by atoms with Gasteiger partial charge in [0.25, 0.3) is 17.7 Å². The molecule has 11 heteroatoms. The predicted octanol–water partition coefficient (Wildman–Crippen LogP) is 4.71. The van der Waals surface area contributed by atoms with E-state index in [4.69, 9.17) is 9.47 Å². The molecule has 4 heterocycles. The molecule has 0 aromatic carbocycles. The molecule has 2 aromatic rings. The molecule has 0 aliphatic carbocycles. The fourth-order valence-electron chi connectivity index (χ4n) is 3.71. The van der Waals surface area contributed by atoms with Gasteiger partial charge in [-0.2, -0.15) is 23.1 Å². The van der Waals surface area contributed by atoms with Gasteiger partial charge in [-0.3, -0.25) is 0 Å². The second-order valence-electron chi connectivity index (χ2n) is 8.60. The molecule has 0 unspecified atom stereocenters. The summed E-state index contributed by atoms with van der Waals surface area (Å²) in [7, 11) is 0. The molecule has 8 nitrogen and oxygen atoms in total. The van der Waals surface area contributed by atoms with E-state index in [1.165, 1.54) is 57.9 Å². The Morgan fingerprint density at radius 1 is 0.718 bits per heavy atom. The van der Waals surface area contributed by atoms with Crippen molar-refractivity contribution in [1.82, 2.24) is 25.3 Å². The van der Waals surface area contributed by atoms with Crippen molar-refractivity contribution >= 4 is 5.82 Å². The average Bonchev–Trinajstić information content (AvgIpc) is 3.42. The number of hydrogen-bond acceptors (Lipinski definition) is 8. The number of nitrogens with zero attached hydrogens (tertiary/aromatic N) is 5. The Morgan fingerprint density at radius 3 is 1.79 bits per heavy atom. The molecule has 2 aliphatic rings. The monoisotopic (exact) mass is 546 g/mol. The lowest BCUT2D eigenvalue weighted by atomic mass is 10.2. The van der Waals surface area contributed by atoms with Gasteiger partial charge in [0.15, 0.2) is 19.0 Å². The standard InChI is InChI=1S/C14H18FN3O.C8H6F2N2O.C6H13N/c1-2-3-10-19-14-12(15)13(16-11-17-14)18-8-6-4-5-7-9-18;1-2-3-4-13-8-6(9)7(10)11-5-12-8;1-2-4-6-7-5-3-1/h11H,4-10H2,1H3;5H,4H2,1H3;7H,1-6H2. The summed E-state index contributed by atoms with van der Waals surface area (Å²) in [6.45, 7) is 7.61. The minimum atomic E-state index is -1.23. The summed E-state index contributed by atoms with van der Waals surface area (Å²) in [5.74, 6) is 7.47. The summed E-state index contributed by atoms with van der Waals surface area (Å²) in [6, 6.07) is 0. The normalized spacial score (nSPS) is 14.7. The largest absolute Gasteiger partial charge is 0.462 e. The highest BCUT2D eigenvalue weighted by molar-refractivity contribution is 5.43. The summed E-state index contributed by atoms with van der Waals surface area (Å²) in [4.78, 5) is 16.3. The molecule has 4 rings (SSSR count). The lowest BCUT2D eigenvalue weighted by Gasteiger charge is -2.21. The predicted molar refractivity (Wildman–Crippen MR) is 144 cm³/mol. The third-order valence-corrected chi connectivity index (χ3v) is 5.73. The number of rotatable bonds is 5. The van der Waals surface area contributed by atoms with Crippen LogP contribution in [0.1, 0.15) is 65.2 Å². The van der Waals surface area contributed by atoms with Crippen LogP contribution in [0.15, 0.2) is 12.7 Å². The van der Waals surface area contributed by atoms with Gasteiger partial charge in [-0.15, -0.1) is 11.8 Å². The van der Waals surface area contributed by atoms with Crippen molar-refractivity contribution in [1.29, 1.82) is 0 Å². The average molecular weight is 547 g/mol. The summed E-state index contributed by atoms with van der Waals surface area (Å²) in [6.07, 6.45) is 12.4. The van der Waals surface area contributed by atoms with Gasteiger partial charge in [-0.05, 0) is 52.6 Å². The van der Waals surface area contributed by atoms with Crippen LogP contribution in [-0.4, -0.2) is 59.3 Å². The first-order chi connectivity index (χ1) is 19.1. The maximum Gasteiger partial charge on any atom is 0.257 e. The first-order valence-electron chi connectivity index (χ1n) is 13.3. The van der Waals surface area contributed by atoms with E-state index in [2.05, 4.69) is 48.9 Å². The Labute approximate surface area is 229 Å². The SMILES string of the molecule is C1CCCNCC1.CC#CCOc1ncnc(F)c1F.CC#CCOc1ncnc(N2CCCCCC2)c1F. The van der Waals surface area contributed by atoms with Gasteiger partial charge in [-0.25, -0.2) is 9.97 Å². The van der Waals surface area contributed by atoms with E-state index >= 15 is 0 Å². The molecule has 2 saturated heterocycles. The highest BCUT2D eigenvalue weighted by Crippen LogP contribution is 2.25. The molecule has 0 bridgehead atoms. The van der Waals surface area contributed by atoms with E-state index in [0.717, 1.165) is 32.3 Å². The summed E-state index contributed by atoms with van der Waals surface area (Å²) in [5.41, 5.74) is 0. The van der Waals surface area contributed by atoms with Crippen LogP contribution in [0.4, 0.5) is 19.0 Å². The Kier molecular flexibility index (Phi) is 15.8. The Morgan fingerprint density at radius 2 is 1.23 bits per heavy atom. The van der Waals surface area contributed by atoms with Crippen LogP contribution >= 0.6 is 0 Å². The third kappa shape index (κ3) is 12.2. The molecule has 0 atom stereocenters. The van der Waals surface area contributed by atoms with Gasteiger partial charge in [0.2, 0.25) is 11.6 Å². The molecular weight excluding hydrogens is 509 g/mol. The second kappa shape index (κ2) is 19.5. The molecule has 39 heavy (non-hydrogen) atoms. The highest BCUT2D eigenvalue weighted by Gasteiger charge is 2.19. The van der Waals surface area contributed by atoms with E-state index in [-0.39, 0.29) is 19.1 Å². The van der Waals surface area contributed by atoms with Crippen molar-refractivity contribution < 1.29 is 22.6 Å². The number of ether oxygens (including phenoxy) is 2. The van der Waals surface area contributed by atoms with Gasteiger partial charge >= 0.3 is 0 Å². The van der Waals surface area contributed by atoms with Crippen molar-refractivity contribution in [3.8, 4) is 35.4 Å². The minimum absolute atomic E-state index is 0.0167. The van der Waals surface area contributed by atoms with Crippen molar-refractivity contribution in [2.24, 2.45) is 0 Å². The molecule has 212 valence electrons. The molecule has 2 aromatic heterocycles. The second-order valence-corrected chi connectivity index (χ2v) is 8.60.